The van der Waals surface area contributed by atoms with Gasteiger partial charge in [-0.25, -0.2) is 4.79 Å². The lowest BCUT2D eigenvalue weighted by Gasteiger charge is -2.32. The maximum absolute atomic E-state index is 14.5. The third-order valence-electron chi connectivity index (χ3n) is 11.2. The topological polar surface area (TPSA) is 244 Å². The van der Waals surface area contributed by atoms with Gasteiger partial charge in [0.15, 0.2) is 18.0 Å². The highest BCUT2D eigenvalue weighted by Crippen LogP contribution is 2.23. The number of ketones is 1. The van der Waals surface area contributed by atoms with Crippen LogP contribution in [0.25, 0.3) is 0 Å². The van der Waals surface area contributed by atoms with Crippen LogP contribution < -0.4 is 31.8 Å². The second kappa shape index (κ2) is 27.9. The quantitative estimate of drug-likeness (QED) is 0.0160. The number of hydrogen-bond donors (Lipinski definition) is 6. The molecule has 18 heteroatoms. The molecule has 4 amide bonds. The van der Waals surface area contributed by atoms with E-state index < -0.39 is 65.8 Å². The number of halogens is 1. The smallest absolute Gasteiger partial charge is 0.345 e. The van der Waals surface area contributed by atoms with Gasteiger partial charge in [-0.1, -0.05) is 111 Å². The summed E-state index contributed by atoms with van der Waals surface area (Å²) in [6.07, 6.45) is 2.25. The van der Waals surface area contributed by atoms with Crippen LogP contribution in [0.5, 0.6) is 5.75 Å². The molecular weight excluding hydrogens is 984 g/mol. The van der Waals surface area contributed by atoms with Crippen molar-refractivity contribution in [1.82, 2.24) is 26.2 Å². The minimum absolute atomic E-state index is 0.0548. The predicted molar refractivity (Wildman–Crippen MR) is 269 cm³/mol. The molecular formula is C50H67IN8O9. The Morgan fingerprint density at radius 2 is 1.32 bits per heavy atom. The number of hydrazone groups is 1. The van der Waals surface area contributed by atoms with Gasteiger partial charge in [0.1, 0.15) is 29.6 Å². The van der Waals surface area contributed by atoms with Crippen molar-refractivity contribution in [2.45, 2.75) is 96.5 Å². The molecule has 368 valence electrons. The number of amides is 4. The summed E-state index contributed by atoms with van der Waals surface area (Å²) in [4.78, 5) is 86.0. The second-order valence-electron chi connectivity index (χ2n) is 17.8. The lowest BCUT2D eigenvalue weighted by atomic mass is 9.90. The molecule has 68 heavy (non-hydrogen) atoms. The second-order valence-corrected chi connectivity index (χ2v) is 18.6. The van der Waals surface area contributed by atoms with Crippen molar-refractivity contribution in [3.63, 3.8) is 0 Å². The number of alkyl halides is 1. The third kappa shape index (κ3) is 18.1. The fourth-order valence-corrected chi connectivity index (χ4v) is 8.09. The maximum atomic E-state index is 14.5. The van der Waals surface area contributed by atoms with Crippen molar-refractivity contribution in [1.29, 1.82) is 5.41 Å². The van der Waals surface area contributed by atoms with Crippen molar-refractivity contribution in [2.75, 3.05) is 43.9 Å². The van der Waals surface area contributed by atoms with E-state index in [0.29, 0.717) is 44.0 Å². The van der Waals surface area contributed by atoms with E-state index in [1.807, 2.05) is 116 Å². The first-order valence-electron chi connectivity index (χ1n) is 23.0. The van der Waals surface area contributed by atoms with Crippen LogP contribution in [-0.4, -0.2) is 126 Å². The lowest BCUT2D eigenvalue weighted by Crippen LogP contribution is -2.60. The Kier molecular flexibility index (Phi) is 22.5. The van der Waals surface area contributed by atoms with Crippen molar-refractivity contribution < 1.29 is 43.0 Å². The molecule has 4 rings (SSSR count). The van der Waals surface area contributed by atoms with Gasteiger partial charge in [-0.3, -0.25) is 28.9 Å². The Morgan fingerprint density at radius 3 is 1.90 bits per heavy atom. The molecule has 1 heterocycles. The first-order chi connectivity index (χ1) is 32.5. The molecule has 1 unspecified atom stereocenters. The van der Waals surface area contributed by atoms with Crippen LogP contribution in [0.15, 0.2) is 90.0 Å². The van der Waals surface area contributed by atoms with Gasteiger partial charge in [-0.2, -0.15) is 5.10 Å². The average Bonchev–Trinajstić information content (AvgIpc) is 3.32. The zero-order valence-corrected chi connectivity index (χ0v) is 41.8. The van der Waals surface area contributed by atoms with E-state index in [0.717, 1.165) is 17.3 Å². The number of nitrogens with one attached hydrogen (secondary N) is 5. The zero-order chi connectivity index (χ0) is 49.6. The highest BCUT2D eigenvalue weighted by atomic mass is 127. The molecule has 1 aliphatic rings. The van der Waals surface area contributed by atoms with Gasteiger partial charge in [-0.15, -0.1) is 0 Å². The monoisotopic (exact) mass is 1050 g/mol. The number of nitrogens with two attached hydrogens (primary N) is 1. The zero-order valence-electron chi connectivity index (χ0n) is 39.6. The fraction of sp³-hybridized carbons (Fsp3) is 0.480. The predicted octanol–water partition coefficient (Wildman–Crippen LogP) is 3.92. The van der Waals surface area contributed by atoms with Crippen LogP contribution in [0.1, 0.15) is 70.6 Å². The summed E-state index contributed by atoms with van der Waals surface area (Å²) < 4.78 is 16.9. The van der Waals surface area contributed by atoms with Crippen LogP contribution in [0, 0.1) is 17.2 Å². The normalized spacial score (nSPS) is 15.7. The molecule has 1 aliphatic heterocycles. The van der Waals surface area contributed by atoms with Crippen molar-refractivity contribution in [3.05, 3.63) is 102 Å². The van der Waals surface area contributed by atoms with E-state index in [-0.39, 0.29) is 60.1 Å². The summed E-state index contributed by atoms with van der Waals surface area (Å²) in [5.74, 6) is 2.05. The molecule has 3 aromatic rings. The number of esters is 1. The van der Waals surface area contributed by atoms with E-state index >= 15 is 0 Å². The summed E-state index contributed by atoms with van der Waals surface area (Å²) in [5.41, 5.74) is 0.873. The summed E-state index contributed by atoms with van der Waals surface area (Å²) in [5, 5.41) is 22.6. The molecule has 0 saturated carbocycles. The number of carbonyl (C=O) groups is 6. The van der Waals surface area contributed by atoms with Crippen LogP contribution >= 0.6 is 22.6 Å². The first-order valence-corrected chi connectivity index (χ1v) is 24.5. The van der Waals surface area contributed by atoms with Gasteiger partial charge in [-0.05, 0) is 79.8 Å². The van der Waals surface area contributed by atoms with Gasteiger partial charge in [0, 0.05) is 35.7 Å². The van der Waals surface area contributed by atoms with Crippen LogP contribution in [-0.2, 0) is 51.1 Å². The highest BCUT2D eigenvalue weighted by molar-refractivity contribution is 14.1. The Labute approximate surface area is 413 Å². The number of rotatable bonds is 27. The van der Waals surface area contributed by atoms with Crippen molar-refractivity contribution >= 4 is 69.9 Å². The summed E-state index contributed by atoms with van der Waals surface area (Å²) in [7, 11) is 0. The molecule has 1 fully saturated rings. The summed E-state index contributed by atoms with van der Waals surface area (Å²) in [6, 6.07) is 20.7. The van der Waals surface area contributed by atoms with E-state index in [2.05, 4.69) is 26.4 Å². The molecule has 17 nitrogen and oxygen atoms in total. The molecule has 0 aliphatic carbocycles. The lowest BCUT2D eigenvalue weighted by molar-refractivity contribution is -0.166. The Bertz CT molecular complexity index is 2150. The molecule has 1 saturated heterocycles. The Balaban J connectivity index is 1.52. The fourth-order valence-electron chi connectivity index (χ4n) is 7.56. The van der Waals surface area contributed by atoms with Crippen molar-refractivity contribution in [2.24, 2.45) is 22.8 Å². The minimum Gasteiger partial charge on any atom is -0.482 e. The first kappa shape index (κ1) is 54.9. The van der Waals surface area contributed by atoms with Crippen molar-refractivity contribution in [3.8, 4) is 5.75 Å². The van der Waals surface area contributed by atoms with Crippen LogP contribution in [0.2, 0.25) is 0 Å². The molecule has 0 aromatic heterocycles. The molecule has 7 N–H and O–H groups in total. The van der Waals surface area contributed by atoms with E-state index in [4.69, 9.17) is 25.5 Å². The largest absolute Gasteiger partial charge is 0.482 e. The average molecular weight is 1050 g/mol. The summed E-state index contributed by atoms with van der Waals surface area (Å²) >= 11 is 1.96. The number of carbonyl (C=O) groups excluding carboxylic acids is 6. The highest BCUT2D eigenvalue weighted by Gasteiger charge is 2.42. The van der Waals surface area contributed by atoms with Gasteiger partial charge >= 0.3 is 5.97 Å². The number of ether oxygens (including phenoxy) is 3. The minimum atomic E-state index is -1.67. The van der Waals surface area contributed by atoms with E-state index in [1.165, 1.54) is 6.92 Å². The number of benzene rings is 3. The van der Waals surface area contributed by atoms with Crippen LogP contribution in [0.3, 0.4) is 0 Å². The SMILES string of the molecule is CC(C)C[C@H](NC(=O)[C@H](CCc1ccccc1)NC(=O)CN1CCOCC1)C(=O)N[C@@H](Cc1ccccc1)C(=O)N[C@@H](CC(C)C)C(=O)C(C)(CI)OC(=O)COc1ccc(C(C=N)=NN)cc1. The molecule has 0 bridgehead atoms. The van der Waals surface area contributed by atoms with E-state index in [9.17, 15) is 28.8 Å². The number of Topliss-reactive ketones (excluding diaryl/α,β-unsaturated/α-hetero) is 1. The van der Waals surface area contributed by atoms with Gasteiger partial charge in [0.2, 0.25) is 23.6 Å². The number of aryl methyl sites for hydroxylation is 1. The van der Waals surface area contributed by atoms with Gasteiger partial charge < -0.3 is 46.7 Å². The third-order valence-corrected chi connectivity index (χ3v) is 12.6. The molecule has 0 spiro atoms. The molecule has 0 radical (unpaired) electrons. The molecule has 5 atom stereocenters. The summed E-state index contributed by atoms with van der Waals surface area (Å²) in [6.45, 7) is 10.9. The standard InChI is InChI=1S/C50H67IN8O9/c1-33(2)26-40(46(62)50(5,32-51)68-45(61)31-67-38-19-17-37(18-20-38)43(29-52)58-53)55-49(65)42(28-36-14-10-7-11-15-36)57-48(64)41(27-34(3)4)56-47(63)39(21-16-35-12-8-6-9-13-35)54-44(60)30-59-22-24-66-25-23-59/h6-15,17-20,29,33-34,39-42,52H,16,21-28,30-32,53H2,1-5H3,(H,54,60)(H,55,65)(H,56,63)(H,57,64)/t39-,40-,41-,42-,50?/m0/s1. The number of nitrogens with zero attached hydrogens (tertiary/aromatic N) is 2. The number of hydrogen-bond acceptors (Lipinski definition) is 13. The van der Waals surface area contributed by atoms with Gasteiger partial charge in [0.05, 0.1) is 25.8 Å². The Hall–Kier alpha value is -5.73. The van der Waals surface area contributed by atoms with Crippen LogP contribution in [0.4, 0.5) is 0 Å². The Morgan fingerprint density at radius 1 is 0.779 bits per heavy atom. The van der Waals surface area contributed by atoms with Gasteiger partial charge in [0.25, 0.3) is 0 Å². The van der Waals surface area contributed by atoms with E-state index in [1.54, 1.807) is 24.3 Å². The number of morpholine rings is 1. The molecule has 3 aromatic carbocycles. The maximum Gasteiger partial charge on any atom is 0.345 e.